The van der Waals surface area contributed by atoms with Gasteiger partial charge in [-0.15, -0.1) is 0 Å². The van der Waals surface area contributed by atoms with E-state index in [0.29, 0.717) is 24.4 Å². The molecule has 0 aliphatic rings. The van der Waals surface area contributed by atoms with E-state index in [-0.39, 0.29) is 5.63 Å². The number of hydrogen-bond acceptors (Lipinski definition) is 4. The number of hydrogen-bond donors (Lipinski definition) is 1. The quantitative estimate of drug-likeness (QED) is 0.623. The molecule has 1 aromatic heterocycles. The summed E-state index contributed by atoms with van der Waals surface area (Å²) < 4.78 is 10.8. The number of fused-ring (bicyclic) bond motifs is 1. The summed E-state index contributed by atoms with van der Waals surface area (Å²) >= 11 is 0. The highest BCUT2D eigenvalue weighted by atomic mass is 16.5. The average molecular weight is 314 g/mol. The minimum Gasteiger partial charge on any atom is -0.489 e. The first kappa shape index (κ1) is 17.0. The SMILES string of the molecule is C=C(C)C(O)CCC(C)=CCOc1ccc2ccc(=O)oc2c1. The van der Waals surface area contributed by atoms with Crippen molar-refractivity contribution in [2.75, 3.05) is 6.61 Å². The van der Waals surface area contributed by atoms with E-state index in [2.05, 4.69) is 6.58 Å². The van der Waals surface area contributed by atoms with E-state index in [0.717, 1.165) is 23.0 Å². The molecule has 0 saturated heterocycles. The summed E-state index contributed by atoms with van der Waals surface area (Å²) in [5, 5.41) is 10.6. The molecule has 0 radical (unpaired) electrons. The van der Waals surface area contributed by atoms with Crippen molar-refractivity contribution >= 4 is 11.0 Å². The lowest BCUT2D eigenvalue weighted by atomic mass is 10.0. The Labute approximate surface area is 135 Å². The van der Waals surface area contributed by atoms with Gasteiger partial charge in [0.25, 0.3) is 0 Å². The molecule has 23 heavy (non-hydrogen) atoms. The second-order valence-electron chi connectivity index (χ2n) is 5.72. The molecule has 0 aliphatic heterocycles. The highest BCUT2D eigenvalue weighted by Gasteiger charge is 2.04. The Morgan fingerprint density at radius 2 is 2.09 bits per heavy atom. The fourth-order valence-corrected chi connectivity index (χ4v) is 2.12. The second kappa shape index (κ2) is 7.79. The van der Waals surface area contributed by atoms with E-state index < -0.39 is 6.10 Å². The lowest BCUT2D eigenvalue weighted by Gasteiger charge is -2.10. The Kier molecular flexibility index (Phi) is 5.77. The molecule has 2 aromatic rings. The van der Waals surface area contributed by atoms with Gasteiger partial charge in [0.2, 0.25) is 0 Å². The maximum absolute atomic E-state index is 11.2. The summed E-state index contributed by atoms with van der Waals surface area (Å²) in [5.74, 6) is 0.651. The molecule has 4 nitrogen and oxygen atoms in total. The first-order chi connectivity index (χ1) is 11.0. The summed E-state index contributed by atoms with van der Waals surface area (Å²) in [4.78, 5) is 11.2. The molecule has 0 fully saturated rings. The van der Waals surface area contributed by atoms with Crippen molar-refractivity contribution in [2.24, 2.45) is 0 Å². The van der Waals surface area contributed by atoms with Gasteiger partial charge in [0.05, 0.1) is 6.10 Å². The molecule has 0 spiro atoms. The van der Waals surface area contributed by atoms with Gasteiger partial charge in [-0.2, -0.15) is 0 Å². The zero-order valence-corrected chi connectivity index (χ0v) is 13.5. The van der Waals surface area contributed by atoms with E-state index >= 15 is 0 Å². The van der Waals surface area contributed by atoms with Crippen LogP contribution in [0.3, 0.4) is 0 Å². The van der Waals surface area contributed by atoms with Crippen LogP contribution >= 0.6 is 0 Å². The third-order valence-electron chi connectivity index (χ3n) is 3.66. The van der Waals surface area contributed by atoms with Crippen LogP contribution < -0.4 is 10.4 Å². The van der Waals surface area contributed by atoms with Crippen LogP contribution in [0.2, 0.25) is 0 Å². The third-order valence-corrected chi connectivity index (χ3v) is 3.66. The van der Waals surface area contributed by atoms with Gasteiger partial charge < -0.3 is 14.3 Å². The summed E-state index contributed by atoms with van der Waals surface area (Å²) in [7, 11) is 0. The minimum atomic E-state index is -0.456. The highest BCUT2D eigenvalue weighted by molar-refractivity contribution is 5.77. The molecule has 4 heteroatoms. The van der Waals surface area contributed by atoms with Crippen LogP contribution in [0.15, 0.2) is 63.3 Å². The molecule has 0 bridgehead atoms. The van der Waals surface area contributed by atoms with Crippen molar-refractivity contribution in [2.45, 2.75) is 32.8 Å². The van der Waals surface area contributed by atoms with Crippen molar-refractivity contribution in [3.8, 4) is 5.75 Å². The normalized spacial score (nSPS) is 13.1. The predicted molar refractivity (Wildman–Crippen MR) is 91.8 cm³/mol. The highest BCUT2D eigenvalue weighted by Crippen LogP contribution is 2.19. The predicted octanol–water partition coefficient (Wildman–Crippen LogP) is 3.84. The molecule has 1 N–H and O–H groups in total. The van der Waals surface area contributed by atoms with Gasteiger partial charge in [-0.25, -0.2) is 4.79 Å². The Balaban J connectivity index is 1.91. The van der Waals surface area contributed by atoms with E-state index in [9.17, 15) is 9.90 Å². The van der Waals surface area contributed by atoms with Gasteiger partial charge in [-0.05, 0) is 51.0 Å². The number of ether oxygens (including phenoxy) is 1. The van der Waals surface area contributed by atoms with Crippen molar-refractivity contribution < 1.29 is 14.3 Å². The summed E-state index contributed by atoms with van der Waals surface area (Å²) in [6.07, 6.45) is 2.99. The molecule has 1 aromatic carbocycles. The van der Waals surface area contributed by atoms with Gasteiger partial charge in [-0.3, -0.25) is 0 Å². The molecule has 0 amide bonds. The molecule has 1 atom stereocenters. The van der Waals surface area contributed by atoms with Crippen LogP contribution in [0.4, 0.5) is 0 Å². The molecule has 122 valence electrons. The third kappa shape index (κ3) is 5.11. The topological polar surface area (TPSA) is 59.7 Å². The maximum Gasteiger partial charge on any atom is 0.336 e. The molecule has 1 unspecified atom stereocenters. The Morgan fingerprint density at radius 1 is 1.35 bits per heavy atom. The maximum atomic E-state index is 11.2. The summed E-state index contributed by atoms with van der Waals surface area (Å²) in [6, 6.07) is 8.53. The van der Waals surface area contributed by atoms with Gasteiger partial charge in [0.1, 0.15) is 17.9 Å². The van der Waals surface area contributed by atoms with Gasteiger partial charge >= 0.3 is 5.63 Å². The Morgan fingerprint density at radius 3 is 2.83 bits per heavy atom. The first-order valence-corrected chi connectivity index (χ1v) is 7.61. The largest absolute Gasteiger partial charge is 0.489 e. The van der Waals surface area contributed by atoms with E-state index in [1.54, 1.807) is 12.1 Å². The molecule has 1 heterocycles. The Bertz CT molecular complexity index is 770. The smallest absolute Gasteiger partial charge is 0.336 e. The van der Waals surface area contributed by atoms with E-state index in [1.807, 2.05) is 32.1 Å². The minimum absolute atomic E-state index is 0.374. The summed E-state index contributed by atoms with van der Waals surface area (Å²) in [6.45, 7) is 8.00. The van der Waals surface area contributed by atoms with Crippen molar-refractivity contribution in [1.82, 2.24) is 0 Å². The van der Waals surface area contributed by atoms with Gasteiger partial charge in [-0.1, -0.05) is 17.7 Å². The molecule has 0 saturated carbocycles. The van der Waals surface area contributed by atoms with Gasteiger partial charge in [0.15, 0.2) is 0 Å². The van der Waals surface area contributed by atoms with Crippen LogP contribution in [0.5, 0.6) is 5.75 Å². The lowest BCUT2D eigenvalue weighted by Crippen LogP contribution is -2.07. The number of aliphatic hydroxyl groups is 1. The zero-order valence-electron chi connectivity index (χ0n) is 13.5. The van der Waals surface area contributed by atoms with Crippen molar-refractivity contribution in [3.63, 3.8) is 0 Å². The van der Waals surface area contributed by atoms with E-state index in [1.165, 1.54) is 6.07 Å². The van der Waals surface area contributed by atoms with Crippen LogP contribution in [-0.2, 0) is 0 Å². The standard InChI is InChI=1S/C19H22O4/c1-13(2)17(20)8-4-14(3)10-11-22-16-7-5-15-6-9-19(21)23-18(15)12-16/h5-7,9-10,12,17,20H,1,4,8,11H2,2-3H3. The average Bonchev–Trinajstić information content (AvgIpc) is 2.52. The van der Waals surface area contributed by atoms with Crippen molar-refractivity contribution in [1.29, 1.82) is 0 Å². The number of aliphatic hydroxyl groups excluding tert-OH is 1. The van der Waals surface area contributed by atoms with Gasteiger partial charge in [0, 0.05) is 17.5 Å². The molecule has 0 aliphatic carbocycles. The fourth-order valence-electron chi connectivity index (χ4n) is 2.12. The molecular formula is C19H22O4. The van der Waals surface area contributed by atoms with Crippen LogP contribution in [0.25, 0.3) is 11.0 Å². The first-order valence-electron chi connectivity index (χ1n) is 7.61. The van der Waals surface area contributed by atoms with E-state index in [4.69, 9.17) is 9.15 Å². The van der Waals surface area contributed by atoms with Crippen LogP contribution in [0.1, 0.15) is 26.7 Å². The summed E-state index contributed by atoms with van der Waals surface area (Å²) in [5.41, 5.74) is 2.08. The number of benzene rings is 1. The number of rotatable bonds is 7. The zero-order chi connectivity index (χ0) is 16.8. The van der Waals surface area contributed by atoms with Crippen LogP contribution in [0, 0.1) is 0 Å². The molecule has 2 rings (SSSR count). The van der Waals surface area contributed by atoms with Crippen LogP contribution in [-0.4, -0.2) is 17.8 Å². The Hall–Kier alpha value is -2.33. The van der Waals surface area contributed by atoms with Crippen molar-refractivity contribution in [3.05, 3.63) is 64.6 Å². The molecular weight excluding hydrogens is 292 g/mol. The lowest BCUT2D eigenvalue weighted by molar-refractivity contribution is 0.201. The monoisotopic (exact) mass is 314 g/mol. The fraction of sp³-hybridized carbons (Fsp3) is 0.316. The number of allylic oxidation sites excluding steroid dienone is 1. The second-order valence-corrected chi connectivity index (χ2v) is 5.72.